The molecular formula is C20H18F6N2O3. The number of hydrogen-bond acceptors (Lipinski definition) is 4. The minimum absolute atomic E-state index is 0.360. The van der Waals surface area contributed by atoms with Gasteiger partial charge in [-0.1, -0.05) is 36.4 Å². The molecule has 0 saturated heterocycles. The summed E-state index contributed by atoms with van der Waals surface area (Å²) in [5.41, 5.74) is -5.38. The number of nitrogens with one attached hydrogen (secondary N) is 2. The maximum absolute atomic E-state index is 14.1. The van der Waals surface area contributed by atoms with Crippen LogP contribution in [0.4, 0.5) is 32.0 Å². The lowest BCUT2D eigenvalue weighted by Gasteiger charge is -2.35. The number of esters is 1. The van der Waals surface area contributed by atoms with Crippen molar-refractivity contribution in [3.05, 3.63) is 65.7 Å². The average Bonchev–Trinajstić information content (AvgIpc) is 2.67. The lowest BCUT2D eigenvalue weighted by Crippen LogP contribution is -2.69. The van der Waals surface area contributed by atoms with Crippen LogP contribution in [0.3, 0.4) is 0 Å². The Bertz CT molecular complexity index is 915. The molecule has 168 valence electrons. The molecule has 0 spiro atoms. The smallest absolute Gasteiger partial charge is 0.441 e. The van der Waals surface area contributed by atoms with Gasteiger partial charge in [0.25, 0.3) is 0 Å². The van der Waals surface area contributed by atoms with E-state index in [-0.39, 0.29) is 0 Å². The lowest BCUT2D eigenvalue weighted by atomic mass is 10.1. The predicted molar refractivity (Wildman–Crippen MR) is 98.8 cm³/mol. The van der Waals surface area contributed by atoms with Crippen molar-refractivity contribution in [1.82, 2.24) is 5.32 Å². The highest BCUT2D eigenvalue weighted by Crippen LogP contribution is 2.35. The number of ether oxygens (including phenoxy) is 1. The third-order valence-corrected chi connectivity index (χ3v) is 4.06. The first-order valence-corrected chi connectivity index (χ1v) is 8.93. The number of alkyl halides is 6. The van der Waals surface area contributed by atoms with Gasteiger partial charge in [0.15, 0.2) is 0 Å². The van der Waals surface area contributed by atoms with E-state index in [9.17, 15) is 35.9 Å². The molecule has 0 aromatic heterocycles. The van der Waals surface area contributed by atoms with Crippen LogP contribution in [0.1, 0.15) is 18.1 Å². The van der Waals surface area contributed by atoms with Crippen molar-refractivity contribution >= 4 is 17.6 Å². The molecule has 0 aliphatic heterocycles. The minimum atomic E-state index is -5.46. The molecule has 1 unspecified atom stereocenters. The van der Waals surface area contributed by atoms with Crippen LogP contribution >= 0.6 is 0 Å². The Morgan fingerprint density at radius 1 is 0.935 bits per heavy atom. The number of hydrogen-bond donors (Lipinski definition) is 2. The van der Waals surface area contributed by atoms with E-state index in [0.717, 1.165) is 12.1 Å². The fourth-order valence-electron chi connectivity index (χ4n) is 2.65. The first-order valence-electron chi connectivity index (χ1n) is 8.93. The Morgan fingerprint density at radius 3 is 2.13 bits per heavy atom. The van der Waals surface area contributed by atoms with E-state index in [2.05, 4.69) is 4.74 Å². The average molecular weight is 448 g/mol. The second kappa shape index (κ2) is 9.27. The van der Waals surface area contributed by atoms with Gasteiger partial charge in [-0.05, 0) is 30.7 Å². The number of benzene rings is 2. The molecule has 1 amide bonds. The maximum atomic E-state index is 14.1. The van der Waals surface area contributed by atoms with Crippen LogP contribution in [0.15, 0.2) is 54.6 Å². The van der Waals surface area contributed by atoms with Crippen molar-refractivity contribution < 1.29 is 40.7 Å². The van der Waals surface area contributed by atoms with Gasteiger partial charge < -0.3 is 15.4 Å². The van der Waals surface area contributed by atoms with Crippen molar-refractivity contribution in [2.24, 2.45) is 0 Å². The zero-order valence-corrected chi connectivity index (χ0v) is 16.1. The van der Waals surface area contributed by atoms with E-state index >= 15 is 0 Å². The van der Waals surface area contributed by atoms with Crippen LogP contribution in [0, 0.1) is 0 Å². The molecule has 0 radical (unpaired) electrons. The third-order valence-electron chi connectivity index (χ3n) is 4.06. The molecule has 2 rings (SSSR count). The van der Waals surface area contributed by atoms with Gasteiger partial charge in [0.05, 0.1) is 18.6 Å². The topological polar surface area (TPSA) is 67.4 Å². The van der Waals surface area contributed by atoms with Gasteiger partial charge >= 0.3 is 24.0 Å². The Kier molecular flexibility index (Phi) is 7.19. The first-order chi connectivity index (χ1) is 14.4. The molecule has 0 heterocycles. The van der Waals surface area contributed by atoms with E-state index < -0.39 is 54.2 Å². The van der Waals surface area contributed by atoms with Crippen molar-refractivity contribution in [3.8, 4) is 0 Å². The SMILES string of the molecule is CCOC(=O)C(NC(=O)Cc1ccccc1)(Nc1cccc(C(F)(F)F)c1)C(F)(F)F. The van der Waals surface area contributed by atoms with Crippen LogP contribution in [0.5, 0.6) is 0 Å². The largest absolute Gasteiger partial charge is 0.463 e. The van der Waals surface area contributed by atoms with Crippen molar-refractivity contribution in [1.29, 1.82) is 0 Å². The van der Waals surface area contributed by atoms with Crippen LogP contribution in [0.2, 0.25) is 0 Å². The summed E-state index contributed by atoms with van der Waals surface area (Å²) in [6.45, 7) is 0.782. The summed E-state index contributed by atoms with van der Waals surface area (Å²) in [6, 6.07) is 10.5. The molecular weight excluding hydrogens is 430 g/mol. The highest BCUT2D eigenvalue weighted by atomic mass is 19.4. The normalized spacial score (nSPS) is 13.8. The van der Waals surface area contributed by atoms with Gasteiger partial charge in [0, 0.05) is 5.69 Å². The van der Waals surface area contributed by atoms with Crippen molar-refractivity contribution in [2.45, 2.75) is 31.4 Å². The third kappa shape index (κ3) is 5.89. The standard InChI is InChI=1S/C20H18F6N2O3/c1-2-31-17(30)18(20(24,25)26,28-16(29)11-13-7-4-3-5-8-13)27-15-10-6-9-14(12-15)19(21,22)23/h3-10,12,27H,2,11H2,1H3,(H,28,29). The zero-order valence-electron chi connectivity index (χ0n) is 16.1. The summed E-state index contributed by atoms with van der Waals surface area (Å²) in [5, 5.41) is 3.29. The summed E-state index contributed by atoms with van der Waals surface area (Å²) in [5.74, 6) is -3.11. The van der Waals surface area contributed by atoms with Crippen LogP contribution in [-0.2, 0) is 26.9 Å². The van der Waals surface area contributed by atoms with Crippen LogP contribution in [0.25, 0.3) is 0 Å². The first kappa shape index (κ1) is 24.0. The van der Waals surface area contributed by atoms with E-state index in [1.807, 2.05) is 0 Å². The molecule has 5 nitrogen and oxygen atoms in total. The van der Waals surface area contributed by atoms with E-state index in [1.165, 1.54) is 19.1 Å². The van der Waals surface area contributed by atoms with Gasteiger partial charge in [0.1, 0.15) is 0 Å². The highest BCUT2D eigenvalue weighted by Gasteiger charge is 2.63. The summed E-state index contributed by atoms with van der Waals surface area (Å²) < 4.78 is 85.6. The van der Waals surface area contributed by atoms with Crippen LogP contribution in [-0.4, -0.2) is 30.3 Å². The maximum Gasteiger partial charge on any atom is 0.441 e. The van der Waals surface area contributed by atoms with Gasteiger partial charge in [-0.3, -0.25) is 4.79 Å². The number of anilines is 1. The van der Waals surface area contributed by atoms with Crippen molar-refractivity contribution in [2.75, 3.05) is 11.9 Å². The molecule has 0 aliphatic carbocycles. The molecule has 31 heavy (non-hydrogen) atoms. The van der Waals surface area contributed by atoms with Gasteiger partial charge in [-0.15, -0.1) is 0 Å². The molecule has 0 aliphatic rings. The molecule has 2 N–H and O–H groups in total. The zero-order chi connectivity index (χ0) is 23.3. The summed E-state index contributed by atoms with van der Waals surface area (Å²) in [7, 11) is 0. The molecule has 0 fully saturated rings. The molecule has 0 saturated carbocycles. The molecule has 0 bridgehead atoms. The van der Waals surface area contributed by atoms with E-state index in [4.69, 9.17) is 0 Å². The summed E-state index contributed by atoms with van der Waals surface area (Å²) in [6.07, 6.45) is -10.8. The summed E-state index contributed by atoms with van der Waals surface area (Å²) in [4.78, 5) is 24.7. The Hall–Kier alpha value is -3.24. The Morgan fingerprint density at radius 2 is 1.58 bits per heavy atom. The lowest BCUT2D eigenvalue weighted by molar-refractivity contribution is -0.207. The molecule has 2 aromatic carbocycles. The van der Waals surface area contributed by atoms with Gasteiger partial charge in [-0.2, -0.15) is 26.3 Å². The fraction of sp³-hybridized carbons (Fsp3) is 0.300. The van der Waals surface area contributed by atoms with Crippen molar-refractivity contribution in [3.63, 3.8) is 0 Å². The Balaban J connectivity index is 2.46. The monoisotopic (exact) mass is 448 g/mol. The Labute approximate surface area is 173 Å². The quantitative estimate of drug-likeness (QED) is 0.377. The number of halogens is 6. The summed E-state index contributed by atoms with van der Waals surface area (Å²) >= 11 is 0. The number of carbonyl (C=O) groups is 2. The van der Waals surface area contributed by atoms with Crippen LogP contribution < -0.4 is 10.6 Å². The second-order valence-electron chi connectivity index (χ2n) is 6.38. The van der Waals surface area contributed by atoms with E-state index in [0.29, 0.717) is 17.7 Å². The highest BCUT2D eigenvalue weighted by molar-refractivity contribution is 5.92. The fourth-order valence-corrected chi connectivity index (χ4v) is 2.65. The molecule has 11 heteroatoms. The van der Waals surface area contributed by atoms with Gasteiger partial charge in [0.2, 0.25) is 5.91 Å². The number of rotatable bonds is 7. The predicted octanol–water partition coefficient (Wildman–Crippen LogP) is 4.30. The molecule has 1 atom stereocenters. The minimum Gasteiger partial charge on any atom is -0.463 e. The molecule has 2 aromatic rings. The second-order valence-corrected chi connectivity index (χ2v) is 6.38. The number of carbonyl (C=O) groups excluding carboxylic acids is 2. The van der Waals surface area contributed by atoms with Gasteiger partial charge in [-0.25, -0.2) is 4.79 Å². The van der Waals surface area contributed by atoms with E-state index in [1.54, 1.807) is 28.8 Å². The number of amides is 1.